The minimum Gasteiger partial charge on any atom is -0.271 e. The van der Waals surface area contributed by atoms with Gasteiger partial charge >= 0.3 is 0 Å². The normalized spacial score (nSPS) is 11.6. The molecule has 0 aliphatic heterocycles. The van der Waals surface area contributed by atoms with Crippen molar-refractivity contribution in [1.82, 2.24) is 5.43 Å². The summed E-state index contributed by atoms with van der Waals surface area (Å²) in [4.78, 5) is 13.4. The Morgan fingerprint density at radius 2 is 1.87 bits per heavy atom. The molecule has 3 aromatic rings. The number of hydrogen-bond acceptors (Lipinski definition) is 5. The zero-order valence-electron chi connectivity index (χ0n) is 15.7. The van der Waals surface area contributed by atoms with Gasteiger partial charge in [0.05, 0.1) is 26.8 Å². The van der Waals surface area contributed by atoms with Crippen LogP contribution in [0.3, 0.4) is 0 Å². The number of thiophene rings is 1. The molecule has 0 bridgehead atoms. The molecule has 2 aromatic carbocycles. The van der Waals surface area contributed by atoms with Gasteiger partial charge in [-0.15, -0.1) is 11.3 Å². The third kappa shape index (κ3) is 5.02. The second-order valence-corrected chi connectivity index (χ2v) is 9.75. The zero-order chi connectivity index (χ0) is 21.7. The van der Waals surface area contributed by atoms with Gasteiger partial charge in [0, 0.05) is 4.88 Å². The number of carbonyl (C=O) groups is 1. The summed E-state index contributed by atoms with van der Waals surface area (Å²) in [6.07, 6.45) is 1.51. The van der Waals surface area contributed by atoms with Crippen LogP contribution >= 0.6 is 34.5 Å². The molecule has 0 unspecified atom stereocenters. The summed E-state index contributed by atoms with van der Waals surface area (Å²) >= 11 is 13.8. The molecule has 1 aromatic heterocycles. The molecule has 0 saturated carbocycles. The smallest absolute Gasteiger partial charge is 0.264 e. The van der Waals surface area contributed by atoms with E-state index >= 15 is 0 Å². The van der Waals surface area contributed by atoms with Crippen LogP contribution in [-0.2, 0) is 14.8 Å². The number of halogens is 2. The highest BCUT2D eigenvalue weighted by Gasteiger charge is 2.29. The number of rotatable bonds is 7. The van der Waals surface area contributed by atoms with Crippen molar-refractivity contribution >= 4 is 62.4 Å². The Hall–Kier alpha value is -2.39. The van der Waals surface area contributed by atoms with Crippen LogP contribution in [0.5, 0.6) is 0 Å². The lowest BCUT2D eigenvalue weighted by atomic mass is 10.3. The van der Waals surface area contributed by atoms with Crippen molar-refractivity contribution < 1.29 is 13.2 Å². The molecule has 6 nitrogen and oxygen atoms in total. The summed E-state index contributed by atoms with van der Waals surface area (Å²) in [6.45, 7) is 1.40. The third-order valence-electron chi connectivity index (χ3n) is 4.09. The van der Waals surface area contributed by atoms with Crippen LogP contribution < -0.4 is 9.73 Å². The van der Waals surface area contributed by atoms with Crippen molar-refractivity contribution in [2.45, 2.75) is 11.8 Å². The quantitative estimate of drug-likeness (QED) is 0.391. The molecule has 1 N–H and O–H groups in total. The molecular weight excluding hydrogens is 465 g/mol. The molecule has 0 spiro atoms. The van der Waals surface area contributed by atoms with E-state index in [4.69, 9.17) is 23.2 Å². The van der Waals surface area contributed by atoms with Crippen molar-refractivity contribution in [3.8, 4) is 0 Å². The molecule has 10 heteroatoms. The fraction of sp³-hybridized carbons (Fsp3) is 0.100. The van der Waals surface area contributed by atoms with Crippen LogP contribution in [0.4, 0.5) is 5.69 Å². The topological polar surface area (TPSA) is 78.8 Å². The Labute approximate surface area is 188 Å². The van der Waals surface area contributed by atoms with Gasteiger partial charge in [0.25, 0.3) is 15.9 Å². The van der Waals surface area contributed by atoms with Crippen LogP contribution in [0.15, 0.2) is 70.0 Å². The minimum absolute atomic E-state index is 0.0200. The number of carbonyl (C=O) groups excluding carboxylic acids is 1. The molecule has 0 radical (unpaired) electrons. The number of amides is 1. The number of hydrogen-bond donors (Lipinski definition) is 1. The fourth-order valence-electron chi connectivity index (χ4n) is 2.55. The van der Waals surface area contributed by atoms with E-state index in [1.165, 1.54) is 41.8 Å². The predicted molar refractivity (Wildman–Crippen MR) is 122 cm³/mol. The average Bonchev–Trinajstić information content (AvgIpc) is 3.14. The Kier molecular flexibility index (Phi) is 7.14. The molecule has 1 amide bonds. The fourth-order valence-corrected chi connectivity index (χ4v) is 5.24. The number of hydrazone groups is 1. The summed E-state index contributed by atoms with van der Waals surface area (Å²) in [5.41, 5.74) is 3.48. The summed E-state index contributed by atoms with van der Waals surface area (Å²) < 4.78 is 27.4. The first kappa shape index (κ1) is 22.3. The number of aryl methyl sites for hydroxylation is 1. The van der Waals surface area contributed by atoms with E-state index in [9.17, 15) is 13.2 Å². The highest BCUT2D eigenvalue weighted by Crippen LogP contribution is 2.35. The van der Waals surface area contributed by atoms with Gasteiger partial charge in [-0.3, -0.25) is 9.10 Å². The zero-order valence-corrected chi connectivity index (χ0v) is 18.9. The SMILES string of the molecule is Cc1ccsc1/C=N\NC(=O)CN(c1cccc(Cl)c1Cl)S(=O)(=O)c1ccccc1. The maximum absolute atomic E-state index is 13.2. The first-order valence-corrected chi connectivity index (χ1v) is 11.8. The van der Waals surface area contributed by atoms with Gasteiger partial charge in [-0.25, -0.2) is 13.8 Å². The van der Waals surface area contributed by atoms with Gasteiger partial charge in [-0.1, -0.05) is 47.5 Å². The lowest BCUT2D eigenvalue weighted by molar-refractivity contribution is -0.119. The maximum atomic E-state index is 13.2. The van der Waals surface area contributed by atoms with Crippen molar-refractivity contribution in [2.24, 2.45) is 5.10 Å². The number of benzene rings is 2. The molecule has 1 heterocycles. The summed E-state index contributed by atoms with van der Waals surface area (Å²) in [5, 5.41) is 6.04. The van der Waals surface area contributed by atoms with Gasteiger partial charge in [0.2, 0.25) is 0 Å². The van der Waals surface area contributed by atoms with E-state index < -0.39 is 22.5 Å². The summed E-state index contributed by atoms with van der Waals surface area (Å²) in [5.74, 6) is -0.629. The average molecular weight is 482 g/mol. The maximum Gasteiger partial charge on any atom is 0.264 e. The highest BCUT2D eigenvalue weighted by atomic mass is 35.5. The molecule has 156 valence electrons. The number of nitrogens with zero attached hydrogens (tertiary/aromatic N) is 2. The molecule has 0 atom stereocenters. The Morgan fingerprint density at radius 1 is 1.13 bits per heavy atom. The first-order valence-electron chi connectivity index (χ1n) is 8.68. The van der Waals surface area contributed by atoms with Crippen LogP contribution in [0.25, 0.3) is 0 Å². The highest BCUT2D eigenvalue weighted by molar-refractivity contribution is 7.92. The van der Waals surface area contributed by atoms with Crippen LogP contribution in [0.2, 0.25) is 10.0 Å². The molecule has 0 fully saturated rings. The number of anilines is 1. The Bertz CT molecular complexity index is 1180. The van der Waals surface area contributed by atoms with Crippen LogP contribution in [-0.4, -0.2) is 27.1 Å². The van der Waals surface area contributed by atoms with Gasteiger partial charge in [-0.2, -0.15) is 5.10 Å². The predicted octanol–water partition coefficient (Wildman–Crippen LogP) is 4.71. The Morgan fingerprint density at radius 3 is 2.53 bits per heavy atom. The molecule has 30 heavy (non-hydrogen) atoms. The Balaban J connectivity index is 1.90. The molecule has 3 rings (SSSR count). The van der Waals surface area contributed by atoms with Gasteiger partial charge in [0.15, 0.2) is 0 Å². The summed E-state index contributed by atoms with van der Waals surface area (Å²) in [7, 11) is -4.08. The summed E-state index contributed by atoms with van der Waals surface area (Å²) in [6, 6.07) is 14.3. The van der Waals surface area contributed by atoms with Crippen molar-refractivity contribution in [3.63, 3.8) is 0 Å². The lowest BCUT2D eigenvalue weighted by Crippen LogP contribution is -2.39. The molecule has 0 aliphatic carbocycles. The van der Waals surface area contributed by atoms with Crippen molar-refractivity contribution in [2.75, 3.05) is 10.8 Å². The van der Waals surface area contributed by atoms with E-state index in [0.29, 0.717) is 0 Å². The van der Waals surface area contributed by atoms with E-state index in [1.54, 1.807) is 24.3 Å². The largest absolute Gasteiger partial charge is 0.271 e. The van der Waals surface area contributed by atoms with Crippen LogP contribution in [0, 0.1) is 6.92 Å². The minimum atomic E-state index is -4.08. The van der Waals surface area contributed by atoms with Gasteiger partial charge < -0.3 is 0 Å². The van der Waals surface area contributed by atoms with Gasteiger partial charge in [-0.05, 0) is 48.2 Å². The molecule has 0 saturated heterocycles. The van der Waals surface area contributed by atoms with E-state index in [-0.39, 0.29) is 20.6 Å². The second-order valence-electron chi connectivity index (χ2n) is 6.16. The lowest BCUT2D eigenvalue weighted by Gasteiger charge is -2.24. The standard InChI is InChI=1S/C20H17Cl2N3O3S2/c1-14-10-11-29-18(14)12-23-24-19(26)13-25(17-9-5-8-16(21)20(17)22)30(27,28)15-6-3-2-4-7-15/h2-12H,13H2,1H3,(H,24,26)/b23-12-. The van der Waals surface area contributed by atoms with Crippen molar-refractivity contribution in [1.29, 1.82) is 0 Å². The van der Waals surface area contributed by atoms with Crippen molar-refractivity contribution in [3.05, 3.63) is 80.5 Å². The second kappa shape index (κ2) is 9.61. The van der Waals surface area contributed by atoms with E-state index in [0.717, 1.165) is 14.7 Å². The number of sulfonamides is 1. The van der Waals surface area contributed by atoms with E-state index in [2.05, 4.69) is 10.5 Å². The molecular formula is C20H17Cl2N3O3S2. The van der Waals surface area contributed by atoms with Gasteiger partial charge in [0.1, 0.15) is 6.54 Å². The number of nitrogens with one attached hydrogen (secondary N) is 1. The monoisotopic (exact) mass is 481 g/mol. The third-order valence-corrected chi connectivity index (χ3v) is 7.63. The first-order chi connectivity index (χ1) is 14.3. The van der Waals surface area contributed by atoms with Crippen LogP contribution in [0.1, 0.15) is 10.4 Å². The molecule has 0 aliphatic rings. The van der Waals surface area contributed by atoms with E-state index in [1.807, 2.05) is 18.4 Å².